The summed E-state index contributed by atoms with van der Waals surface area (Å²) < 4.78 is 5.73. The average Bonchev–Trinajstić information content (AvgIpc) is 2.45. The molecule has 0 fully saturated rings. The molecule has 0 spiro atoms. The number of pyridine rings is 1. The van der Waals surface area contributed by atoms with Crippen LogP contribution in [0.5, 0.6) is 0 Å². The number of likely N-dealkylation sites (N-methyl/N-ethyl adjacent to an activating group) is 1. The molecule has 4 heteroatoms. The molecule has 1 aromatic rings. The van der Waals surface area contributed by atoms with Gasteiger partial charge in [-0.15, -0.1) is 0 Å². The second kappa shape index (κ2) is 9.13. The van der Waals surface area contributed by atoms with Crippen LogP contribution in [0.2, 0.25) is 0 Å². The van der Waals surface area contributed by atoms with Gasteiger partial charge in [0.1, 0.15) is 0 Å². The van der Waals surface area contributed by atoms with Gasteiger partial charge in [0.15, 0.2) is 0 Å². The normalized spacial score (nSPS) is 12.1. The highest BCUT2D eigenvalue weighted by Crippen LogP contribution is 2.05. The summed E-state index contributed by atoms with van der Waals surface area (Å²) >= 11 is 0. The maximum atomic E-state index is 5.73. The first-order chi connectivity index (χ1) is 9.94. The van der Waals surface area contributed by atoms with Crippen LogP contribution in [0.15, 0.2) is 18.2 Å². The predicted molar refractivity (Wildman–Crippen MR) is 88.3 cm³/mol. The van der Waals surface area contributed by atoms with E-state index in [9.17, 15) is 0 Å². The highest BCUT2D eigenvalue weighted by molar-refractivity contribution is 5.10. The lowest BCUT2D eigenvalue weighted by Crippen LogP contribution is -2.35. The lowest BCUT2D eigenvalue weighted by Gasteiger charge is -2.20. The van der Waals surface area contributed by atoms with Crippen molar-refractivity contribution in [1.29, 1.82) is 0 Å². The summed E-state index contributed by atoms with van der Waals surface area (Å²) in [6.07, 6.45) is 0. The summed E-state index contributed by atoms with van der Waals surface area (Å²) in [7, 11) is 0. The molecular formula is C17H31N3O. The topological polar surface area (TPSA) is 37.4 Å². The molecule has 0 saturated heterocycles. The van der Waals surface area contributed by atoms with Crippen LogP contribution in [0.1, 0.15) is 46.0 Å². The van der Waals surface area contributed by atoms with Gasteiger partial charge in [0.2, 0.25) is 0 Å². The molecular weight excluding hydrogens is 262 g/mol. The van der Waals surface area contributed by atoms with Gasteiger partial charge in [-0.05, 0) is 46.0 Å². The summed E-state index contributed by atoms with van der Waals surface area (Å²) in [6, 6.07) is 6.13. The quantitative estimate of drug-likeness (QED) is 0.710. The smallest absolute Gasteiger partial charge is 0.0888 e. The molecule has 0 unspecified atom stereocenters. The van der Waals surface area contributed by atoms with Crippen molar-refractivity contribution in [3.63, 3.8) is 0 Å². The van der Waals surface area contributed by atoms with Crippen molar-refractivity contribution in [1.82, 2.24) is 15.2 Å². The standard InChI is InChI=1S/C17H31N3O/c1-6-20(7-2)11-12-21-14-16-10-8-9-15(19-16)13-18-17(3,4)5/h8-10,18H,6-7,11-14H2,1-5H3. The molecule has 0 bridgehead atoms. The minimum atomic E-state index is 0.109. The third kappa shape index (κ3) is 8.15. The van der Waals surface area contributed by atoms with E-state index in [1.807, 2.05) is 6.07 Å². The highest BCUT2D eigenvalue weighted by Gasteiger charge is 2.09. The highest BCUT2D eigenvalue weighted by atomic mass is 16.5. The van der Waals surface area contributed by atoms with E-state index in [-0.39, 0.29) is 5.54 Å². The lowest BCUT2D eigenvalue weighted by atomic mass is 10.1. The van der Waals surface area contributed by atoms with Crippen molar-refractivity contribution < 1.29 is 4.74 Å². The van der Waals surface area contributed by atoms with Gasteiger partial charge in [0, 0.05) is 18.6 Å². The van der Waals surface area contributed by atoms with E-state index in [0.717, 1.165) is 44.2 Å². The van der Waals surface area contributed by atoms with Gasteiger partial charge >= 0.3 is 0 Å². The number of ether oxygens (including phenoxy) is 1. The Morgan fingerprint density at radius 1 is 1.14 bits per heavy atom. The van der Waals surface area contributed by atoms with Gasteiger partial charge in [-0.3, -0.25) is 4.98 Å². The zero-order valence-electron chi connectivity index (χ0n) is 14.3. The van der Waals surface area contributed by atoms with Crippen molar-refractivity contribution >= 4 is 0 Å². The minimum Gasteiger partial charge on any atom is -0.374 e. The molecule has 0 aliphatic carbocycles. The fourth-order valence-corrected chi connectivity index (χ4v) is 1.97. The van der Waals surface area contributed by atoms with Crippen LogP contribution in [0, 0.1) is 0 Å². The van der Waals surface area contributed by atoms with Crippen LogP contribution in [-0.4, -0.2) is 41.7 Å². The number of aromatic nitrogens is 1. The van der Waals surface area contributed by atoms with E-state index in [2.05, 4.69) is 62.0 Å². The Labute approximate surface area is 129 Å². The number of nitrogens with zero attached hydrogens (tertiary/aromatic N) is 2. The molecule has 0 saturated carbocycles. The molecule has 120 valence electrons. The van der Waals surface area contributed by atoms with Crippen molar-refractivity contribution in [3.8, 4) is 0 Å². The second-order valence-corrected chi connectivity index (χ2v) is 6.30. The molecule has 1 N–H and O–H groups in total. The fraction of sp³-hybridized carbons (Fsp3) is 0.706. The molecule has 0 atom stereocenters. The van der Waals surface area contributed by atoms with Crippen LogP contribution >= 0.6 is 0 Å². The van der Waals surface area contributed by atoms with Crippen LogP contribution in [0.4, 0.5) is 0 Å². The zero-order valence-corrected chi connectivity index (χ0v) is 14.3. The molecule has 0 amide bonds. The van der Waals surface area contributed by atoms with Gasteiger partial charge in [-0.1, -0.05) is 19.9 Å². The first kappa shape index (κ1) is 18.1. The van der Waals surface area contributed by atoms with Gasteiger partial charge < -0.3 is 15.0 Å². The molecule has 0 aromatic carbocycles. The van der Waals surface area contributed by atoms with Gasteiger partial charge in [-0.25, -0.2) is 0 Å². The first-order valence-corrected chi connectivity index (χ1v) is 7.94. The van der Waals surface area contributed by atoms with Gasteiger partial charge in [0.25, 0.3) is 0 Å². The summed E-state index contributed by atoms with van der Waals surface area (Å²) in [5, 5.41) is 3.45. The molecule has 1 heterocycles. The Bertz CT molecular complexity index is 397. The van der Waals surface area contributed by atoms with Gasteiger partial charge in [0.05, 0.1) is 24.6 Å². The zero-order chi connectivity index (χ0) is 15.7. The van der Waals surface area contributed by atoms with Crippen LogP contribution in [0.25, 0.3) is 0 Å². The number of hydrogen-bond donors (Lipinski definition) is 1. The third-order valence-electron chi connectivity index (χ3n) is 3.36. The van der Waals surface area contributed by atoms with Crippen LogP contribution in [-0.2, 0) is 17.9 Å². The molecule has 4 nitrogen and oxygen atoms in total. The summed E-state index contributed by atoms with van der Waals surface area (Å²) in [4.78, 5) is 6.99. The Kier molecular flexibility index (Phi) is 7.86. The largest absolute Gasteiger partial charge is 0.374 e. The monoisotopic (exact) mass is 293 g/mol. The Morgan fingerprint density at radius 2 is 1.81 bits per heavy atom. The molecule has 0 aliphatic rings. The molecule has 0 radical (unpaired) electrons. The molecule has 1 rings (SSSR count). The fourth-order valence-electron chi connectivity index (χ4n) is 1.97. The Morgan fingerprint density at radius 3 is 2.43 bits per heavy atom. The van der Waals surface area contributed by atoms with E-state index in [1.165, 1.54) is 0 Å². The minimum absolute atomic E-state index is 0.109. The second-order valence-electron chi connectivity index (χ2n) is 6.30. The number of nitrogens with one attached hydrogen (secondary N) is 1. The first-order valence-electron chi connectivity index (χ1n) is 7.94. The Balaban J connectivity index is 2.35. The summed E-state index contributed by atoms with van der Waals surface area (Å²) in [5.41, 5.74) is 2.18. The number of rotatable bonds is 9. The molecule has 21 heavy (non-hydrogen) atoms. The third-order valence-corrected chi connectivity index (χ3v) is 3.36. The van der Waals surface area contributed by atoms with Gasteiger partial charge in [-0.2, -0.15) is 0 Å². The number of hydrogen-bond acceptors (Lipinski definition) is 4. The van der Waals surface area contributed by atoms with E-state index < -0.39 is 0 Å². The average molecular weight is 293 g/mol. The summed E-state index contributed by atoms with van der Waals surface area (Å²) in [5.74, 6) is 0. The Hall–Kier alpha value is -0.970. The molecule has 1 aromatic heterocycles. The van der Waals surface area contributed by atoms with Crippen LogP contribution in [0.3, 0.4) is 0 Å². The van der Waals surface area contributed by atoms with Crippen molar-refractivity contribution in [3.05, 3.63) is 29.6 Å². The van der Waals surface area contributed by atoms with E-state index >= 15 is 0 Å². The van der Waals surface area contributed by atoms with E-state index in [0.29, 0.717) is 6.61 Å². The van der Waals surface area contributed by atoms with Crippen LogP contribution < -0.4 is 5.32 Å². The van der Waals surface area contributed by atoms with E-state index in [1.54, 1.807) is 0 Å². The van der Waals surface area contributed by atoms with E-state index in [4.69, 9.17) is 4.74 Å². The maximum absolute atomic E-state index is 5.73. The predicted octanol–water partition coefficient (Wildman–Crippen LogP) is 2.83. The summed E-state index contributed by atoms with van der Waals surface area (Å²) in [6.45, 7) is 16.1. The van der Waals surface area contributed by atoms with Crippen molar-refractivity contribution in [2.24, 2.45) is 0 Å². The SMILES string of the molecule is CCN(CC)CCOCc1cccc(CNC(C)(C)C)n1. The van der Waals surface area contributed by atoms with Crippen molar-refractivity contribution in [2.75, 3.05) is 26.2 Å². The molecule has 0 aliphatic heterocycles. The van der Waals surface area contributed by atoms with Crippen molar-refractivity contribution in [2.45, 2.75) is 53.3 Å². The maximum Gasteiger partial charge on any atom is 0.0888 e. The lowest BCUT2D eigenvalue weighted by molar-refractivity contribution is 0.0935.